The van der Waals surface area contributed by atoms with Gasteiger partial charge in [-0.15, -0.1) is 0 Å². The molecule has 0 spiro atoms. The van der Waals surface area contributed by atoms with Gasteiger partial charge in [0, 0.05) is 0 Å². The van der Waals surface area contributed by atoms with Crippen molar-refractivity contribution >= 4 is 129 Å². The van der Waals surface area contributed by atoms with E-state index in [1.54, 1.807) is 0 Å². The van der Waals surface area contributed by atoms with Gasteiger partial charge in [0.15, 0.2) is 8.67 Å². The molecule has 0 aliphatic rings. The van der Waals surface area contributed by atoms with Crippen molar-refractivity contribution in [2.24, 2.45) is 0 Å². The van der Waals surface area contributed by atoms with Gasteiger partial charge >= 0.3 is 7.12 Å². The van der Waals surface area contributed by atoms with Gasteiger partial charge in [0.25, 0.3) is 0 Å². The largest absolute Gasteiger partial charge is 0.488 e. The molecular weight excluding hydrogens is 517 g/mol. The van der Waals surface area contributed by atoms with Crippen LogP contribution in [0.4, 0.5) is 0 Å². The molecule has 1 aromatic carbocycles. The highest BCUT2D eigenvalue weighted by atomic mass is 35.6. The molecule has 0 atom stereocenters. The van der Waals surface area contributed by atoms with Gasteiger partial charge in [0.2, 0.25) is 7.59 Å². The number of halogens is 10. The zero-order valence-corrected chi connectivity index (χ0v) is 18.0. The van der Waals surface area contributed by atoms with Crippen LogP contribution < -0.4 is 5.46 Å². The van der Waals surface area contributed by atoms with Crippen LogP contribution >= 0.6 is 116 Å². The van der Waals surface area contributed by atoms with Crippen LogP contribution in [-0.2, 0) is 8.67 Å². The fourth-order valence-corrected chi connectivity index (χ4v) is 2.58. The van der Waals surface area contributed by atoms with E-state index in [2.05, 4.69) is 0 Å². The van der Waals surface area contributed by atoms with Crippen molar-refractivity contribution in [3.8, 4) is 0 Å². The number of rotatable bonds is 3. The number of alkyl halides is 10. The number of hydrogen-bond donors (Lipinski definition) is 2. The lowest BCUT2D eigenvalue weighted by atomic mass is 9.78. The van der Waals surface area contributed by atoms with Crippen molar-refractivity contribution in [3.63, 3.8) is 0 Å². The summed E-state index contributed by atoms with van der Waals surface area (Å²) in [5.74, 6) is 0. The summed E-state index contributed by atoms with van der Waals surface area (Å²) in [6.07, 6.45) is 0. The maximum absolute atomic E-state index is 9.39. The summed E-state index contributed by atoms with van der Waals surface area (Å²) >= 11 is 58.8. The van der Waals surface area contributed by atoms with Crippen LogP contribution in [0, 0.1) is 0 Å². The maximum Gasteiger partial charge on any atom is 0.488 e. The minimum Gasteiger partial charge on any atom is -0.423 e. The monoisotopic (exact) mass is 518 g/mol. The molecule has 23 heavy (non-hydrogen) atoms. The highest BCUT2D eigenvalue weighted by Gasteiger charge is 2.51. The van der Waals surface area contributed by atoms with E-state index in [1.165, 1.54) is 18.2 Å². The standard InChI is InChI=1S/C10H5BCl10O2/c12-7(13,9(16,17)18)4-1-5(3-6(2-4)11(22)23)8(14,15)10(19,20)21/h1-3,22-23H. The van der Waals surface area contributed by atoms with Gasteiger partial charge in [-0.05, 0) is 22.7 Å². The van der Waals surface area contributed by atoms with Gasteiger partial charge in [0.05, 0.1) is 0 Å². The summed E-state index contributed by atoms with van der Waals surface area (Å²) in [5.41, 5.74) is -0.222. The summed E-state index contributed by atoms with van der Waals surface area (Å²) in [6, 6.07) is 3.58. The Morgan fingerprint density at radius 2 is 0.913 bits per heavy atom. The summed E-state index contributed by atoms with van der Waals surface area (Å²) < 4.78 is -8.52. The molecule has 0 saturated heterocycles. The molecule has 0 unspecified atom stereocenters. The van der Waals surface area contributed by atoms with Crippen molar-refractivity contribution in [2.45, 2.75) is 16.3 Å². The minimum atomic E-state index is -2.17. The first-order valence-electron chi connectivity index (χ1n) is 5.43. The van der Waals surface area contributed by atoms with Crippen LogP contribution in [0.15, 0.2) is 18.2 Å². The molecule has 130 valence electrons. The molecule has 1 rings (SSSR count). The van der Waals surface area contributed by atoms with E-state index in [0.29, 0.717) is 0 Å². The van der Waals surface area contributed by atoms with E-state index >= 15 is 0 Å². The van der Waals surface area contributed by atoms with E-state index in [9.17, 15) is 10.0 Å². The van der Waals surface area contributed by atoms with Gasteiger partial charge in [-0.1, -0.05) is 128 Å². The van der Waals surface area contributed by atoms with Gasteiger partial charge in [-0.3, -0.25) is 0 Å². The van der Waals surface area contributed by atoms with E-state index in [4.69, 9.17) is 116 Å². The molecule has 1 aromatic rings. The van der Waals surface area contributed by atoms with Crippen LogP contribution in [0.1, 0.15) is 11.1 Å². The molecule has 0 aliphatic heterocycles. The second-order valence-corrected chi connectivity index (χ2v) is 11.6. The van der Waals surface area contributed by atoms with Gasteiger partial charge < -0.3 is 10.0 Å². The Kier molecular flexibility index (Phi) is 7.66. The van der Waals surface area contributed by atoms with E-state index in [-0.39, 0.29) is 16.6 Å². The third-order valence-corrected chi connectivity index (χ3v) is 7.56. The Morgan fingerprint density at radius 1 is 0.609 bits per heavy atom. The lowest BCUT2D eigenvalue weighted by Crippen LogP contribution is -2.37. The smallest absolute Gasteiger partial charge is 0.423 e. The minimum absolute atomic E-state index is 0.0543. The molecule has 13 heteroatoms. The van der Waals surface area contributed by atoms with Crippen molar-refractivity contribution in [1.29, 1.82) is 0 Å². The first-order valence-corrected chi connectivity index (χ1v) is 9.21. The zero-order chi connectivity index (χ0) is 18.4. The quantitative estimate of drug-likeness (QED) is 0.414. The van der Waals surface area contributed by atoms with Crippen molar-refractivity contribution < 1.29 is 10.0 Å². The predicted molar refractivity (Wildman–Crippen MR) is 104 cm³/mol. The third kappa shape index (κ3) is 5.09. The van der Waals surface area contributed by atoms with Gasteiger partial charge in [0.1, 0.15) is 0 Å². The Morgan fingerprint density at radius 3 is 1.13 bits per heavy atom. The lowest BCUT2D eigenvalue weighted by Gasteiger charge is -2.32. The summed E-state index contributed by atoms with van der Waals surface area (Å²) in [6.45, 7) is 0. The predicted octanol–water partition coefficient (Wildman–Crippen LogP) is 5.37. The zero-order valence-electron chi connectivity index (χ0n) is 10.5. The van der Waals surface area contributed by atoms with Crippen LogP contribution in [0.25, 0.3) is 0 Å². The third-order valence-electron chi connectivity index (χ3n) is 2.69. The molecule has 0 radical (unpaired) electrons. The fraction of sp³-hybridized carbons (Fsp3) is 0.400. The molecule has 2 N–H and O–H groups in total. The molecule has 0 amide bonds. The van der Waals surface area contributed by atoms with Crippen molar-refractivity contribution in [3.05, 3.63) is 29.3 Å². The van der Waals surface area contributed by atoms with Crippen molar-refractivity contribution in [2.75, 3.05) is 0 Å². The number of benzene rings is 1. The molecule has 2 nitrogen and oxygen atoms in total. The second kappa shape index (κ2) is 7.62. The van der Waals surface area contributed by atoms with Gasteiger partial charge in [-0.25, -0.2) is 0 Å². The molecule has 0 heterocycles. The Hall–Kier alpha value is 2.10. The highest BCUT2D eigenvalue weighted by Crippen LogP contribution is 2.56. The first-order chi connectivity index (χ1) is 10.0. The topological polar surface area (TPSA) is 40.5 Å². The summed E-state index contributed by atoms with van der Waals surface area (Å²) in [7, 11) is -1.94. The van der Waals surface area contributed by atoms with E-state index < -0.39 is 23.4 Å². The first kappa shape index (κ1) is 23.1. The van der Waals surface area contributed by atoms with E-state index in [0.717, 1.165) is 0 Å². The molecule has 0 fully saturated rings. The molecule has 0 aliphatic carbocycles. The fourth-order valence-electron chi connectivity index (χ4n) is 1.49. The van der Waals surface area contributed by atoms with Crippen molar-refractivity contribution in [1.82, 2.24) is 0 Å². The van der Waals surface area contributed by atoms with Crippen LogP contribution in [0.3, 0.4) is 0 Å². The summed E-state index contributed by atoms with van der Waals surface area (Å²) in [5, 5.41) is 18.8. The maximum atomic E-state index is 9.39. The SMILES string of the molecule is OB(O)c1cc(C(Cl)(Cl)C(Cl)(Cl)Cl)cc(C(Cl)(Cl)C(Cl)(Cl)Cl)c1. The molecule has 0 bridgehead atoms. The normalized spacial score (nSPS) is 14.1. The van der Waals surface area contributed by atoms with Crippen LogP contribution in [0.2, 0.25) is 0 Å². The Bertz CT molecular complexity index is 534. The Balaban J connectivity index is 3.65. The second-order valence-electron chi connectivity index (χ2n) is 4.36. The number of hydrogen-bond acceptors (Lipinski definition) is 2. The lowest BCUT2D eigenvalue weighted by molar-refractivity contribution is 0.425. The molecule has 0 saturated carbocycles. The van der Waals surface area contributed by atoms with Crippen LogP contribution in [0.5, 0.6) is 0 Å². The van der Waals surface area contributed by atoms with Crippen LogP contribution in [-0.4, -0.2) is 24.8 Å². The average Bonchev–Trinajstić information content (AvgIpc) is 2.35. The summed E-state index contributed by atoms with van der Waals surface area (Å²) in [4.78, 5) is 0. The highest BCUT2D eigenvalue weighted by molar-refractivity contribution is 6.76. The van der Waals surface area contributed by atoms with E-state index in [1.807, 2.05) is 0 Å². The average molecular weight is 522 g/mol. The molecular formula is C10H5BCl10O2. The Labute approximate surface area is 182 Å². The van der Waals surface area contributed by atoms with Gasteiger partial charge in [-0.2, -0.15) is 0 Å². The molecule has 0 aromatic heterocycles.